The lowest BCUT2D eigenvalue weighted by molar-refractivity contribution is -0.140. The van der Waals surface area contributed by atoms with Gasteiger partial charge in [0.05, 0.1) is 11.6 Å². The molecule has 1 aliphatic heterocycles. The molecule has 1 aliphatic rings. The van der Waals surface area contributed by atoms with Crippen molar-refractivity contribution in [3.63, 3.8) is 0 Å². The fourth-order valence-corrected chi connectivity index (χ4v) is 3.88. The van der Waals surface area contributed by atoms with E-state index in [0.29, 0.717) is 10.6 Å². The van der Waals surface area contributed by atoms with Crippen LogP contribution in [0.2, 0.25) is 5.02 Å². The topological polar surface area (TPSA) is 70.5 Å². The summed E-state index contributed by atoms with van der Waals surface area (Å²) < 4.78 is 0.869. The van der Waals surface area contributed by atoms with E-state index in [1.807, 2.05) is 30.3 Å². The predicted octanol–water partition coefficient (Wildman–Crippen LogP) is 5.12. The average molecular weight is 484 g/mol. The summed E-state index contributed by atoms with van der Waals surface area (Å²) in [5.74, 6) is -1.62. The van der Waals surface area contributed by atoms with Crippen molar-refractivity contribution >= 4 is 45.0 Å². The maximum Gasteiger partial charge on any atom is 0.295 e. The minimum absolute atomic E-state index is 0.0496. The first-order valence-corrected chi connectivity index (χ1v) is 10.3. The van der Waals surface area contributed by atoms with Crippen LogP contribution in [0.4, 0.5) is 0 Å². The molecule has 1 fully saturated rings. The van der Waals surface area contributed by atoms with Crippen molar-refractivity contribution < 1.29 is 14.7 Å². The molecule has 1 N–H and O–H groups in total. The van der Waals surface area contributed by atoms with Gasteiger partial charge in [-0.25, -0.2) is 0 Å². The summed E-state index contributed by atoms with van der Waals surface area (Å²) in [6.45, 7) is 0.191. The van der Waals surface area contributed by atoms with Crippen LogP contribution < -0.4 is 0 Å². The standard InChI is InChI=1S/C23H16BrClN2O3/c24-17-7-3-15(4-8-17)20-19(21(28)16-5-9-18(25)10-6-16)22(29)23(30)27(20)13-14-2-1-11-26-12-14/h1-12,20,28H,13H2/t20-/m1/s1. The van der Waals surface area contributed by atoms with Crippen LogP contribution in [0.3, 0.4) is 0 Å². The number of carbonyl (C=O) groups is 2. The van der Waals surface area contributed by atoms with Gasteiger partial charge in [0.15, 0.2) is 0 Å². The van der Waals surface area contributed by atoms with Crippen LogP contribution in [-0.4, -0.2) is 26.7 Å². The minimum atomic E-state index is -0.728. The molecule has 0 aliphatic carbocycles. The van der Waals surface area contributed by atoms with E-state index in [9.17, 15) is 14.7 Å². The maximum absolute atomic E-state index is 13.0. The highest BCUT2D eigenvalue weighted by atomic mass is 79.9. The number of aliphatic hydroxyl groups is 1. The van der Waals surface area contributed by atoms with Gasteiger partial charge >= 0.3 is 0 Å². The molecule has 1 amide bonds. The summed E-state index contributed by atoms with van der Waals surface area (Å²) in [7, 11) is 0. The number of aliphatic hydroxyl groups excluding tert-OH is 1. The lowest BCUT2D eigenvalue weighted by atomic mass is 9.95. The third-order valence-electron chi connectivity index (χ3n) is 4.92. The molecule has 150 valence electrons. The number of amides is 1. The van der Waals surface area contributed by atoms with E-state index < -0.39 is 17.7 Å². The van der Waals surface area contributed by atoms with Gasteiger partial charge in [-0.1, -0.05) is 45.7 Å². The van der Waals surface area contributed by atoms with Gasteiger partial charge in [-0.05, 0) is 53.6 Å². The molecule has 0 saturated carbocycles. The van der Waals surface area contributed by atoms with Crippen LogP contribution in [0.15, 0.2) is 83.1 Å². The number of Topliss-reactive ketones (excluding diaryl/α,β-unsaturated/α-hetero) is 1. The Hall–Kier alpha value is -2.96. The molecular weight excluding hydrogens is 468 g/mol. The third-order valence-corrected chi connectivity index (χ3v) is 5.70. The summed E-state index contributed by atoms with van der Waals surface area (Å²) >= 11 is 9.35. The van der Waals surface area contributed by atoms with Gasteiger partial charge < -0.3 is 10.0 Å². The summed E-state index contributed by atoms with van der Waals surface area (Å²) in [5.41, 5.74) is 1.97. The van der Waals surface area contributed by atoms with Crippen LogP contribution in [0.25, 0.3) is 5.76 Å². The van der Waals surface area contributed by atoms with Crippen LogP contribution >= 0.6 is 27.5 Å². The Balaban J connectivity index is 1.85. The SMILES string of the molecule is O=C1C(=O)N(Cc2cccnc2)[C@H](c2ccc(Br)cc2)C1=C(O)c1ccc(Cl)cc1. The largest absolute Gasteiger partial charge is 0.507 e. The van der Waals surface area contributed by atoms with Gasteiger partial charge in [-0.15, -0.1) is 0 Å². The minimum Gasteiger partial charge on any atom is -0.507 e. The van der Waals surface area contributed by atoms with Gasteiger partial charge in [0.25, 0.3) is 11.7 Å². The summed E-state index contributed by atoms with van der Waals surface area (Å²) in [6.07, 6.45) is 3.29. The summed E-state index contributed by atoms with van der Waals surface area (Å²) in [4.78, 5) is 31.5. The van der Waals surface area contributed by atoms with E-state index in [2.05, 4.69) is 20.9 Å². The predicted molar refractivity (Wildman–Crippen MR) is 118 cm³/mol. The number of halogens is 2. The van der Waals surface area contributed by atoms with Crippen LogP contribution in [0.1, 0.15) is 22.7 Å². The Morgan fingerprint density at radius 1 is 1.07 bits per heavy atom. The Kier molecular flexibility index (Phi) is 5.70. The number of carbonyl (C=O) groups excluding carboxylic acids is 2. The fourth-order valence-electron chi connectivity index (χ4n) is 3.49. The molecule has 5 nitrogen and oxygen atoms in total. The highest BCUT2D eigenvalue weighted by molar-refractivity contribution is 9.10. The molecule has 1 aromatic heterocycles. The van der Waals surface area contributed by atoms with Crippen LogP contribution in [0, 0.1) is 0 Å². The number of hydrogen-bond donors (Lipinski definition) is 1. The van der Waals surface area contributed by atoms with Crippen molar-refractivity contribution in [1.29, 1.82) is 0 Å². The van der Waals surface area contributed by atoms with Crippen molar-refractivity contribution in [3.8, 4) is 0 Å². The zero-order chi connectivity index (χ0) is 21.3. The Bertz CT molecular complexity index is 1130. The van der Waals surface area contributed by atoms with Gasteiger partial charge in [0, 0.05) is 34.0 Å². The molecule has 4 rings (SSSR count). The number of pyridine rings is 1. The Morgan fingerprint density at radius 2 is 1.77 bits per heavy atom. The smallest absolute Gasteiger partial charge is 0.295 e. The molecule has 0 bridgehead atoms. The quantitative estimate of drug-likeness (QED) is 0.318. The molecule has 7 heteroatoms. The normalized spacial score (nSPS) is 18.1. The van der Waals surface area contributed by atoms with Gasteiger partial charge in [0.2, 0.25) is 0 Å². The Labute approximate surface area is 186 Å². The second-order valence-corrected chi connectivity index (χ2v) is 8.20. The van der Waals surface area contributed by atoms with Crippen molar-refractivity contribution in [3.05, 3.63) is 105 Å². The van der Waals surface area contributed by atoms with Gasteiger partial charge in [-0.3, -0.25) is 14.6 Å². The van der Waals surface area contributed by atoms with E-state index in [4.69, 9.17) is 11.6 Å². The maximum atomic E-state index is 13.0. The Morgan fingerprint density at radius 3 is 2.40 bits per heavy atom. The average Bonchev–Trinajstić information content (AvgIpc) is 3.00. The van der Waals surface area contributed by atoms with Crippen molar-refractivity contribution in [2.24, 2.45) is 0 Å². The number of rotatable bonds is 4. The fraction of sp³-hybridized carbons (Fsp3) is 0.0870. The highest BCUT2D eigenvalue weighted by Crippen LogP contribution is 2.40. The molecule has 0 radical (unpaired) electrons. The number of nitrogens with zero attached hydrogens (tertiary/aromatic N) is 2. The molecule has 3 aromatic rings. The number of hydrogen-bond acceptors (Lipinski definition) is 4. The third kappa shape index (κ3) is 3.88. The lowest BCUT2D eigenvalue weighted by Gasteiger charge is -2.25. The first kappa shape index (κ1) is 20.3. The zero-order valence-electron chi connectivity index (χ0n) is 15.6. The van der Waals surface area contributed by atoms with E-state index in [0.717, 1.165) is 15.6 Å². The lowest BCUT2D eigenvalue weighted by Crippen LogP contribution is -2.29. The molecule has 0 unspecified atom stereocenters. The highest BCUT2D eigenvalue weighted by Gasteiger charge is 2.46. The molecular formula is C23H16BrClN2O3. The van der Waals surface area contributed by atoms with Crippen LogP contribution in [0.5, 0.6) is 0 Å². The monoisotopic (exact) mass is 482 g/mol. The molecule has 2 heterocycles. The van der Waals surface area contributed by atoms with E-state index in [-0.39, 0.29) is 17.9 Å². The first-order valence-electron chi connectivity index (χ1n) is 9.14. The summed E-state index contributed by atoms with van der Waals surface area (Å²) in [5, 5.41) is 11.5. The van der Waals surface area contributed by atoms with Crippen molar-refractivity contribution in [2.75, 3.05) is 0 Å². The molecule has 2 aromatic carbocycles. The molecule has 30 heavy (non-hydrogen) atoms. The van der Waals surface area contributed by atoms with Crippen molar-refractivity contribution in [2.45, 2.75) is 12.6 Å². The van der Waals surface area contributed by atoms with Gasteiger partial charge in [-0.2, -0.15) is 0 Å². The number of aromatic nitrogens is 1. The van der Waals surface area contributed by atoms with Crippen LogP contribution in [-0.2, 0) is 16.1 Å². The van der Waals surface area contributed by atoms with E-state index in [1.165, 1.54) is 4.90 Å². The molecule has 0 spiro atoms. The summed E-state index contributed by atoms with van der Waals surface area (Å²) in [6, 6.07) is 16.7. The number of benzene rings is 2. The number of ketones is 1. The second kappa shape index (κ2) is 8.42. The second-order valence-electron chi connectivity index (χ2n) is 6.85. The zero-order valence-corrected chi connectivity index (χ0v) is 18.0. The van der Waals surface area contributed by atoms with E-state index >= 15 is 0 Å². The molecule has 1 atom stereocenters. The van der Waals surface area contributed by atoms with Gasteiger partial charge in [0.1, 0.15) is 5.76 Å². The van der Waals surface area contributed by atoms with E-state index in [1.54, 1.807) is 42.7 Å². The molecule has 1 saturated heterocycles. The first-order chi connectivity index (χ1) is 14.5. The number of likely N-dealkylation sites (tertiary alicyclic amines) is 1. The van der Waals surface area contributed by atoms with Crippen molar-refractivity contribution in [1.82, 2.24) is 9.88 Å².